The van der Waals surface area contributed by atoms with E-state index < -0.39 is 0 Å². The summed E-state index contributed by atoms with van der Waals surface area (Å²) < 4.78 is 0. The third-order valence-electron chi connectivity index (χ3n) is 1.15. The van der Waals surface area contributed by atoms with Gasteiger partial charge in [0, 0.05) is 9.90 Å². The third-order valence-corrected chi connectivity index (χ3v) is 1.15. The monoisotopic (exact) mass is 134 g/mol. The normalized spacial score (nSPS) is 12.8. The Morgan fingerprint density at radius 2 is 2.33 bits per heavy atom. The first-order valence-electron chi connectivity index (χ1n) is 3.17. The van der Waals surface area contributed by atoms with Crippen LogP contribution in [0, 0.1) is 0 Å². The van der Waals surface area contributed by atoms with Crippen molar-refractivity contribution < 1.29 is 7.65 Å². The second-order valence-corrected chi connectivity index (χ2v) is 1.89. The summed E-state index contributed by atoms with van der Waals surface area (Å²) in [5.41, 5.74) is 0. The molecule has 0 bridgehead atoms. The van der Waals surface area contributed by atoms with Crippen LogP contribution in [0.15, 0.2) is 0 Å². The molecule has 0 fully saturated rings. The lowest BCUT2D eigenvalue weighted by Crippen LogP contribution is -2.40. The minimum absolute atomic E-state index is 0. The lowest BCUT2D eigenvalue weighted by atomic mass is 10.3. The minimum atomic E-state index is -0.0694. The number of nitrogens with one attached hydrogen (secondary N) is 2. The predicted molar refractivity (Wildman–Crippen MR) is 41.4 cm³/mol. The molecule has 0 heterocycles. The molecular formula is C6H18N2O. The molecule has 0 radical (unpaired) electrons. The maximum atomic E-state index is 10.7. The van der Waals surface area contributed by atoms with E-state index in [0.717, 1.165) is 6.54 Å². The van der Waals surface area contributed by atoms with E-state index in [2.05, 4.69) is 10.6 Å². The van der Waals surface area contributed by atoms with Gasteiger partial charge in [-0.25, -0.2) is 0 Å². The fourth-order valence-corrected chi connectivity index (χ4v) is 0.615. The summed E-state index contributed by atoms with van der Waals surface area (Å²) in [6.45, 7) is 4.64. The summed E-state index contributed by atoms with van der Waals surface area (Å²) in [4.78, 5) is 10.7. The van der Waals surface area contributed by atoms with Crippen molar-refractivity contribution in [2.75, 3.05) is 13.6 Å². The number of likely N-dealkylation sites (N-methyl/N-ethyl adjacent to an activating group) is 2. The highest BCUT2D eigenvalue weighted by Gasteiger charge is 2.06. The second kappa shape index (κ2) is 4.32. The van der Waals surface area contributed by atoms with Crippen molar-refractivity contribution >= 4 is 5.91 Å². The Kier molecular flexibility index (Phi) is 4.05. The van der Waals surface area contributed by atoms with Crippen molar-refractivity contribution in [2.45, 2.75) is 19.9 Å². The first-order valence-corrected chi connectivity index (χ1v) is 3.17. The molecule has 0 saturated heterocycles. The quantitative estimate of drug-likeness (QED) is 0.580. The van der Waals surface area contributed by atoms with E-state index in [9.17, 15) is 4.79 Å². The fourth-order valence-electron chi connectivity index (χ4n) is 0.615. The van der Waals surface area contributed by atoms with Crippen molar-refractivity contribution in [3.8, 4) is 0 Å². The highest BCUT2D eigenvalue weighted by molar-refractivity contribution is 5.80. The van der Waals surface area contributed by atoms with Gasteiger partial charge in [0.05, 0.1) is 6.04 Å². The molecule has 0 aromatic heterocycles. The molecule has 0 saturated carbocycles. The van der Waals surface area contributed by atoms with E-state index in [1.165, 1.54) is 0 Å². The summed E-state index contributed by atoms with van der Waals surface area (Å²) in [6, 6.07) is -0.0694. The van der Waals surface area contributed by atoms with Gasteiger partial charge in [-0.3, -0.25) is 4.79 Å². The number of hydrogen-bond donors (Lipinski definition) is 2. The maximum absolute atomic E-state index is 10.7. The van der Waals surface area contributed by atoms with Crippen molar-refractivity contribution in [3.05, 3.63) is 0 Å². The van der Waals surface area contributed by atoms with Gasteiger partial charge in [-0.05, 0) is 13.5 Å². The molecule has 0 aromatic carbocycles. The molecule has 3 nitrogen and oxygen atoms in total. The van der Waals surface area contributed by atoms with Gasteiger partial charge in [0.2, 0.25) is 5.91 Å². The first kappa shape index (κ1) is 8.43. The lowest BCUT2D eigenvalue weighted by molar-refractivity contribution is -0.122. The number of carbonyl (C=O) groups is 1. The Morgan fingerprint density at radius 1 is 1.78 bits per heavy atom. The van der Waals surface area contributed by atoms with E-state index in [0.29, 0.717) is 0 Å². The predicted octanol–water partition coefficient (Wildman–Crippen LogP) is 0.222. The molecule has 58 valence electrons. The summed E-state index contributed by atoms with van der Waals surface area (Å²) in [5, 5.41) is 5.53. The zero-order valence-electron chi connectivity index (χ0n) is 6.19. The second-order valence-electron chi connectivity index (χ2n) is 1.89. The molecule has 0 aromatic rings. The molecule has 2 N–H and O–H groups in total. The fraction of sp³-hybridized carbons (Fsp3) is 0.833. The van der Waals surface area contributed by atoms with Gasteiger partial charge in [0.15, 0.2) is 0 Å². The van der Waals surface area contributed by atoms with E-state index in [1.807, 2.05) is 13.8 Å². The molecular weight excluding hydrogens is 116 g/mol. The maximum Gasteiger partial charge on any atom is 0.236 e. The van der Waals surface area contributed by atoms with Crippen molar-refractivity contribution in [3.63, 3.8) is 0 Å². The lowest BCUT2D eigenvalue weighted by Gasteiger charge is -2.08. The van der Waals surface area contributed by atoms with Gasteiger partial charge in [-0.2, -0.15) is 0 Å². The van der Waals surface area contributed by atoms with Crippen LogP contribution in [0.1, 0.15) is 16.7 Å². The van der Waals surface area contributed by atoms with Crippen LogP contribution in [0.3, 0.4) is 0 Å². The number of carbonyl (C=O) groups excluding carboxylic acids is 1. The molecule has 9 heavy (non-hydrogen) atoms. The Morgan fingerprint density at radius 3 is 2.67 bits per heavy atom. The number of amides is 1. The van der Waals surface area contributed by atoms with Gasteiger partial charge in [-0.15, -0.1) is 0 Å². The van der Waals surface area contributed by atoms with E-state index in [1.54, 1.807) is 7.05 Å². The van der Waals surface area contributed by atoms with Crippen molar-refractivity contribution in [2.24, 2.45) is 0 Å². The average Bonchev–Trinajstić information content (AvgIpc) is 1.87. The van der Waals surface area contributed by atoms with Crippen LogP contribution < -0.4 is 10.6 Å². The van der Waals surface area contributed by atoms with E-state index >= 15 is 0 Å². The smallest absolute Gasteiger partial charge is 0.236 e. The summed E-state index contributed by atoms with van der Waals surface area (Å²) in [7, 11) is 1.64. The Balaban J connectivity index is -0.000000320. The molecule has 0 rings (SSSR count). The van der Waals surface area contributed by atoms with Crippen LogP contribution >= 0.6 is 0 Å². The summed E-state index contributed by atoms with van der Waals surface area (Å²) >= 11 is 0. The number of hydrogen-bond acceptors (Lipinski definition) is 2. The molecule has 0 aliphatic heterocycles. The van der Waals surface area contributed by atoms with Gasteiger partial charge in [-0.1, -0.05) is 6.92 Å². The van der Waals surface area contributed by atoms with Gasteiger partial charge < -0.3 is 10.6 Å². The zero-order valence-corrected chi connectivity index (χ0v) is 6.19. The Labute approximate surface area is 58.8 Å². The first-order chi connectivity index (χ1) is 4.22. The van der Waals surface area contributed by atoms with E-state index in [4.69, 9.17) is 0 Å². The SMILES string of the molecule is CCN[C@H](C)C(=O)NC.[HH].[HH]. The van der Waals surface area contributed by atoms with Crippen molar-refractivity contribution in [1.82, 2.24) is 10.6 Å². The molecule has 0 aliphatic carbocycles. The van der Waals surface area contributed by atoms with Crippen LogP contribution in [0.2, 0.25) is 0 Å². The number of rotatable bonds is 3. The topological polar surface area (TPSA) is 41.1 Å². The highest BCUT2D eigenvalue weighted by Crippen LogP contribution is 1.77. The van der Waals surface area contributed by atoms with Crippen LogP contribution in [0.25, 0.3) is 0 Å². The molecule has 0 aliphatic rings. The van der Waals surface area contributed by atoms with Crippen LogP contribution in [0.5, 0.6) is 0 Å². The minimum Gasteiger partial charge on any atom is -0.358 e. The van der Waals surface area contributed by atoms with E-state index in [-0.39, 0.29) is 14.8 Å². The zero-order chi connectivity index (χ0) is 7.28. The van der Waals surface area contributed by atoms with Gasteiger partial charge >= 0.3 is 0 Å². The van der Waals surface area contributed by atoms with Gasteiger partial charge in [0.1, 0.15) is 0 Å². The third kappa shape index (κ3) is 3.08. The Bertz CT molecular complexity index is 101. The molecule has 3 heteroatoms. The molecule has 0 unspecified atom stereocenters. The summed E-state index contributed by atoms with van der Waals surface area (Å²) in [6.07, 6.45) is 0. The summed E-state index contributed by atoms with van der Waals surface area (Å²) in [5.74, 6) is 0.0388. The van der Waals surface area contributed by atoms with Crippen LogP contribution in [0.4, 0.5) is 0 Å². The van der Waals surface area contributed by atoms with Gasteiger partial charge in [0.25, 0.3) is 0 Å². The standard InChI is InChI=1S/C6H14N2O.2H2/c1-4-8-5(2)6(9)7-3;;/h5,8H,4H2,1-3H3,(H,7,9);2*1H/t5-;;/m1../s1. The highest BCUT2D eigenvalue weighted by atomic mass is 16.2. The Hall–Kier alpha value is -0.570. The largest absolute Gasteiger partial charge is 0.358 e. The van der Waals surface area contributed by atoms with Crippen LogP contribution in [-0.2, 0) is 4.79 Å². The average molecular weight is 134 g/mol. The molecule has 1 atom stereocenters. The molecule has 0 spiro atoms. The van der Waals surface area contributed by atoms with Crippen molar-refractivity contribution in [1.29, 1.82) is 0 Å². The van der Waals surface area contributed by atoms with Crippen LogP contribution in [-0.4, -0.2) is 25.5 Å². The molecule has 1 amide bonds.